The fourth-order valence-corrected chi connectivity index (χ4v) is 2.18. The van der Waals surface area contributed by atoms with E-state index in [1.54, 1.807) is 0 Å². The van der Waals surface area contributed by atoms with Crippen LogP contribution in [0.5, 0.6) is 0 Å². The normalized spacial score (nSPS) is 24.1. The predicted octanol–water partition coefficient (Wildman–Crippen LogP) is 2.53. The third-order valence-electron chi connectivity index (χ3n) is 3.20. The maximum atomic E-state index is 12.7. The highest BCUT2D eigenvalue weighted by molar-refractivity contribution is 5.16. The molecule has 0 saturated carbocycles. The van der Waals surface area contributed by atoms with Crippen molar-refractivity contribution in [1.29, 1.82) is 0 Å². The molecule has 1 aromatic carbocycles. The summed E-state index contributed by atoms with van der Waals surface area (Å²) in [5.41, 5.74) is 1.17. The van der Waals surface area contributed by atoms with Crippen molar-refractivity contribution >= 4 is 0 Å². The van der Waals surface area contributed by atoms with Crippen molar-refractivity contribution in [3.05, 3.63) is 35.6 Å². The van der Waals surface area contributed by atoms with Gasteiger partial charge in [-0.2, -0.15) is 0 Å². The standard InChI is InChI=1S/C14H20FNO/c1-11-2-7-14(17-11)10-16-9-8-12-3-5-13(15)6-4-12/h3-6,11,14,16H,2,7-10H2,1H3. The summed E-state index contributed by atoms with van der Waals surface area (Å²) in [4.78, 5) is 0. The van der Waals surface area contributed by atoms with Crippen LogP contribution in [0.2, 0.25) is 0 Å². The summed E-state index contributed by atoms with van der Waals surface area (Å²) >= 11 is 0. The summed E-state index contributed by atoms with van der Waals surface area (Å²) in [6.45, 7) is 3.96. The Labute approximate surface area is 102 Å². The summed E-state index contributed by atoms with van der Waals surface area (Å²) < 4.78 is 18.4. The molecule has 1 fully saturated rings. The van der Waals surface area contributed by atoms with Crippen LogP contribution in [0.4, 0.5) is 4.39 Å². The van der Waals surface area contributed by atoms with Gasteiger partial charge in [0.1, 0.15) is 5.82 Å². The van der Waals surface area contributed by atoms with Gasteiger partial charge in [0, 0.05) is 6.54 Å². The second-order valence-electron chi connectivity index (χ2n) is 4.73. The lowest BCUT2D eigenvalue weighted by Gasteiger charge is -2.12. The molecule has 2 rings (SSSR count). The average molecular weight is 237 g/mol. The number of rotatable bonds is 5. The second-order valence-corrected chi connectivity index (χ2v) is 4.73. The lowest BCUT2D eigenvalue weighted by atomic mass is 10.1. The molecule has 2 unspecified atom stereocenters. The van der Waals surface area contributed by atoms with Crippen LogP contribution in [0.3, 0.4) is 0 Å². The molecule has 1 aromatic rings. The van der Waals surface area contributed by atoms with Crippen LogP contribution in [-0.4, -0.2) is 25.3 Å². The van der Waals surface area contributed by atoms with Crippen LogP contribution >= 0.6 is 0 Å². The Morgan fingerprint density at radius 3 is 2.71 bits per heavy atom. The fourth-order valence-electron chi connectivity index (χ4n) is 2.18. The van der Waals surface area contributed by atoms with Crippen LogP contribution < -0.4 is 5.32 Å². The van der Waals surface area contributed by atoms with E-state index in [-0.39, 0.29) is 5.82 Å². The first-order valence-corrected chi connectivity index (χ1v) is 6.34. The zero-order chi connectivity index (χ0) is 12.1. The van der Waals surface area contributed by atoms with E-state index in [0.717, 1.165) is 25.9 Å². The molecule has 1 aliphatic rings. The lowest BCUT2D eigenvalue weighted by Crippen LogP contribution is -2.28. The molecule has 2 nitrogen and oxygen atoms in total. The topological polar surface area (TPSA) is 21.3 Å². The molecule has 1 heterocycles. The van der Waals surface area contributed by atoms with E-state index in [4.69, 9.17) is 4.74 Å². The molecule has 1 N–H and O–H groups in total. The van der Waals surface area contributed by atoms with Crippen LogP contribution in [-0.2, 0) is 11.2 Å². The van der Waals surface area contributed by atoms with Gasteiger partial charge in [-0.15, -0.1) is 0 Å². The van der Waals surface area contributed by atoms with Crippen molar-refractivity contribution < 1.29 is 9.13 Å². The number of nitrogens with one attached hydrogen (secondary N) is 1. The number of halogens is 1. The Kier molecular flexibility index (Phi) is 4.51. The van der Waals surface area contributed by atoms with Crippen molar-refractivity contribution in [3.63, 3.8) is 0 Å². The maximum Gasteiger partial charge on any atom is 0.123 e. The molecular formula is C14H20FNO. The van der Waals surface area contributed by atoms with Crippen molar-refractivity contribution in [2.24, 2.45) is 0 Å². The first-order valence-electron chi connectivity index (χ1n) is 6.34. The average Bonchev–Trinajstić information content (AvgIpc) is 2.73. The molecule has 0 amide bonds. The molecule has 0 bridgehead atoms. The first kappa shape index (κ1) is 12.5. The molecule has 17 heavy (non-hydrogen) atoms. The highest BCUT2D eigenvalue weighted by Crippen LogP contribution is 2.18. The van der Waals surface area contributed by atoms with E-state index in [1.165, 1.54) is 24.1 Å². The van der Waals surface area contributed by atoms with Gasteiger partial charge in [-0.1, -0.05) is 12.1 Å². The minimum atomic E-state index is -0.171. The van der Waals surface area contributed by atoms with Gasteiger partial charge in [0.05, 0.1) is 12.2 Å². The number of hydrogen-bond acceptors (Lipinski definition) is 2. The van der Waals surface area contributed by atoms with Crippen molar-refractivity contribution in [2.45, 2.75) is 38.4 Å². The summed E-state index contributed by atoms with van der Waals surface area (Å²) in [6.07, 6.45) is 4.05. The molecule has 94 valence electrons. The van der Waals surface area contributed by atoms with Gasteiger partial charge < -0.3 is 10.1 Å². The minimum Gasteiger partial charge on any atom is -0.374 e. The summed E-state index contributed by atoms with van der Waals surface area (Å²) in [6, 6.07) is 6.70. The predicted molar refractivity (Wildman–Crippen MR) is 66.5 cm³/mol. The molecule has 2 atom stereocenters. The Balaban J connectivity index is 1.61. The Bertz CT molecular complexity index is 339. The minimum absolute atomic E-state index is 0.171. The Hall–Kier alpha value is -0.930. The van der Waals surface area contributed by atoms with Gasteiger partial charge in [0.15, 0.2) is 0 Å². The van der Waals surface area contributed by atoms with E-state index >= 15 is 0 Å². The molecule has 3 heteroatoms. The third-order valence-corrected chi connectivity index (χ3v) is 3.20. The van der Waals surface area contributed by atoms with Crippen LogP contribution in [0.1, 0.15) is 25.3 Å². The highest BCUT2D eigenvalue weighted by Gasteiger charge is 2.20. The van der Waals surface area contributed by atoms with Crippen LogP contribution in [0, 0.1) is 5.82 Å². The zero-order valence-corrected chi connectivity index (χ0v) is 10.3. The van der Waals surface area contributed by atoms with Gasteiger partial charge in [-0.3, -0.25) is 0 Å². The largest absolute Gasteiger partial charge is 0.374 e. The number of hydrogen-bond donors (Lipinski definition) is 1. The number of ether oxygens (including phenoxy) is 1. The van der Waals surface area contributed by atoms with Crippen molar-refractivity contribution in [3.8, 4) is 0 Å². The van der Waals surface area contributed by atoms with E-state index in [1.807, 2.05) is 12.1 Å². The van der Waals surface area contributed by atoms with Crippen molar-refractivity contribution in [1.82, 2.24) is 5.32 Å². The Morgan fingerprint density at radius 2 is 2.06 bits per heavy atom. The van der Waals surface area contributed by atoms with Gasteiger partial charge in [0.2, 0.25) is 0 Å². The number of benzene rings is 1. The van der Waals surface area contributed by atoms with E-state index in [0.29, 0.717) is 12.2 Å². The zero-order valence-electron chi connectivity index (χ0n) is 10.3. The third kappa shape index (κ3) is 4.10. The highest BCUT2D eigenvalue weighted by atomic mass is 19.1. The summed E-state index contributed by atoms with van der Waals surface area (Å²) in [7, 11) is 0. The summed E-state index contributed by atoms with van der Waals surface area (Å²) in [5.74, 6) is -0.171. The summed E-state index contributed by atoms with van der Waals surface area (Å²) in [5, 5.41) is 3.39. The first-order chi connectivity index (χ1) is 8.24. The lowest BCUT2D eigenvalue weighted by molar-refractivity contribution is 0.0562. The SMILES string of the molecule is CC1CCC(CNCCc2ccc(F)cc2)O1. The van der Waals surface area contributed by atoms with Crippen LogP contribution in [0.15, 0.2) is 24.3 Å². The van der Waals surface area contributed by atoms with Gasteiger partial charge in [-0.25, -0.2) is 4.39 Å². The smallest absolute Gasteiger partial charge is 0.123 e. The van der Waals surface area contributed by atoms with Crippen molar-refractivity contribution in [2.75, 3.05) is 13.1 Å². The van der Waals surface area contributed by atoms with Gasteiger partial charge >= 0.3 is 0 Å². The fraction of sp³-hybridized carbons (Fsp3) is 0.571. The Morgan fingerprint density at radius 1 is 1.29 bits per heavy atom. The van der Waals surface area contributed by atoms with E-state index < -0.39 is 0 Å². The second kappa shape index (κ2) is 6.12. The van der Waals surface area contributed by atoms with E-state index in [9.17, 15) is 4.39 Å². The molecule has 0 aliphatic carbocycles. The monoisotopic (exact) mass is 237 g/mol. The maximum absolute atomic E-state index is 12.7. The molecule has 1 saturated heterocycles. The molecule has 0 aromatic heterocycles. The van der Waals surface area contributed by atoms with E-state index in [2.05, 4.69) is 12.2 Å². The molecule has 1 aliphatic heterocycles. The van der Waals surface area contributed by atoms with Gasteiger partial charge in [-0.05, 0) is 50.4 Å². The quantitative estimate of drug-likeness (QED) is 0.795. The molecule has 0 spiro atoms. The molecule has 0 radical (unpaired) electrons. The molecular weight excluding hydrogens is 217 g/mol. The van der Waals surface area contributed by atoms with Gasteiger partial charge in [0.25, 0.3) is 0 Å². The van der Waals surface area contributed by atoms with Crippen LogP contribution in [0.25, 0.3) is 0 Å².